The summed E-state index contributed by atoms with van der Waals surface area (Å²) in [5, 5.41) is 6.08. The third kappa shape index (κ3) is 2.52. The lowest BCUT2D eigenvalue weighted by molar-refractivity contribution is 0.159. The van der Waals surface area contributed by atoms with Crippen LogP contribution in [0.2, 0.25) is 0 Å². The van der Waals surface area contributed by atoms with Gasteiger partial charge < -0.3 is 10.5 Å². The van der Waals surface area contributed by atoms with Crippen LogP contribution in [0.1, 0.15) is 11.6 Å². The normalized spacial score (nSPS) is 27.3. The van der Waals surface area contributed by atoms with Gasteiger partial charge in [-0.2, -0.15) is 0 Å². The number of aromatic nitrogens is 2. The van der Waals surface area contributed by atoms with Gasteiger partial charge in [0.05, 0.1) is 12.3 Å². The minimum atomic E-state index is 0.172. The zero-order valence-electron chi connectivity index (χ0n) is 8.80. The van der Waals surface area contributed by atoms with E-state index in [9.17, 15) is 0 Å². The van der Waals surface area contributed by atoms with Gasteiger partial charge in [0, 0.05) is 44.1 Å². The fraction of sp³-hybridized carbons (Fsp3) is 0.778. The van der Waals surface area contributed by atoms with Gasteiger partial charge in [-0.25, -0.2) is 0 Å². The molecule has 84 valence electrons. The van der Waals surface area contributed by atoms with Crippen LogP contribution in [-0.4, -0.2) is 53.9 Å². The molecule has 0 saturated carbocycles. The molecule has 2 atom stereocenters. The van der Waals surface area contributed by atoms with Crippen LogP contribution in [0, 0.1) is 0 Å². The Morgan fingerprint density at radius 2 is 2.53 bits per heavy atom. The third-order valence-electron chi connectivity index (χ3n) is 2.81. The van der Waals surface area contributed by atoms with Crippen molar-refractivity contribution in [3.63, 3.8) is 0 Å². The SMILES string of the molecule is COCCN1C[C@@H](N)[C@H](c2csnn2)C1. The number of nitrogens with zero attached hydrogens (tertiary/aromatic N) is 3. The first kappa shape index (κ1) is 10.9. The molecule has 0 radical (unpaired) electrons. The first-order valence-electron chi connectivity index (χ1n) is 5.05. The Kier molecular flexibility index (Phi) is 3.63. The highest BCUT2D eigenvalue weighted by atomic mass is 32.1. The summed E-state index contributed by atoms with van der Waals surface area (Å²) in [6.07, 6.45) is 0. The van der Waals surface area contributed by atoms with E-state index in [1.807, 2.05) is 5.38 Å². The number of hydrogen-bond acceptors (Lipinski definition) is 6. The third-order valence-corrected chi connectivity index (χ3v) is 3.33. The van der Waals surface area contributed by atoms with Gasteiger partial charge in [0.1, 0.15) is 0 Å². The fourth-order valence-electron chi connectivity index (χ4n) is 1.96. The van der Waals surface area contributed by atoms with Crippen LogP contribution >= 0.6 is 11.5 Å². The molecule has 2 rings (SSSR count). The summed E-state index contributed by atoms with van der Waals surface area (Å²) in [5.74, 6) is 0.334. The quantitative estimate of drug-likeness (QED) is 0.780. The number of rotatable bonds is 4. The Balaban J connectivity index is 1.93. The Morgan fingerprint density at radius 1 is 1.67 bits per heavy atom. The van der Waals surface area contributed by atoms with Gasteiger partial charge >= 0.3 is 0 Å². The van der Waals surface area contributed by atoms with E-state index in [-0.39, 0.29) is 6.04 Å². The average Bonchev–Trinajstić information content (AvgIpc) is 2.83. The molecular weight excluding hydrogens is 212 g/mol. The predicted octanol–water partition coefficient (Wildman–Crippen LogP) is -0.0890. The Bertz CT molecular complexity index is 292. The molecule has 1 saturated heterocycles. The Morgan fingerprint density at radius 3 is 3.20 bits per heavy atom. The molecule has 0 unspecified atom stereocenters. The van der Waals surface area contributed by atoms with Crippen molar-refractivity contribution >= 4 is 11.5 Å². The summed E-state index contributed by atoms with van der Waals surface area (Å²) < 4.78 is 8.94. The van der Waals surface area contributed by atoms with E-state index in [2.05, 4.69) is 14.5 Å². The van der Waals surface area contributed by atoms with Gasteiger partial charge in [-0.3, -0.25) is 4.90 Å². The second-order valence-electron chi connectivity index (χ2n) is 3.85. The molecule has 15 heavy (non-hydrogen) atoms. The number of likely N-dealkylation sites (tertiary alicyclic amines) is 1. The summed E-state index contributed by atoms with van der Waals surface area (Å²) >= 11 is 1.39. The molecule has 6 heteroatoms. The molecule has 5 nitrogen and oxygen atoms in total. The maximum atomic E-state index is 6.09. The highest BCUT2D eigenvalue weighted by molar-refractivity contribution is 7.03. The molecule has 0 aromatic carbocycles. The summed E-state index contributed by atoms with van der Waals surface area (Å²) in [6, 6.07) is 0.172. The van der Waals surface area contributed by atoms with E-state index in [4.69, 9.17) is 10.5 Å². The van der Waals surface area contributed by atoms with Crippen molar-refractivity contribution in [2.45, 2.75) is 12.0 Å². The Labute approximate surface area is 93.4 Å². The van der Waals surface area contributed by atoms with Crippen LogP contribution in [0.25, 0.3) is 0 Å². The van der Waals surface area contributed by atoms with Gasteiger partial charge in [-0.15, -0.1) is 5.10 Å². The predicted molar refractivity (Wildman–Crippen MR) is 58.9 cm³/mol. The standard InChI is InChI=1S/C9H16N4OS/c1-14-3-2-13-4-7(8(10)5-13)9-6-15-12-11-9/h6-8H,2-5,10H2,1H3/t7-,8-/m1/s1. The van der Waals surface area contributed by atoms with Crippen molar-refractivity contribution in [3.8, 4) is 0 Å². The molecule has 1 aliphatic rings. The topological polar surface area (TPSA) is 64.3 Å². The molecular formula is C9H16N4OS. The van der Waals surface area contributed by atoms with Crippen LogP contribution in [0.5, 0.6) is 0 Å². The first-order valence-corrected chi connectivity index (χ1v) is 5.88. The maximum Gasteiger partial charge on any atom is 0.0815 e. The molecule has 2 heterocycles. The number of methoxy groups -OCH3 is 1. The summed E-state index contributed by atoms with van der Waals surface area (Å²) in [4.78, 5) is 2.32. The fourth-order valence-corrected chi connectivity index (χ4v) is 2.48. The van der Waals surface area contributed by atoms with Crippen LogP contribution in [0.15, 0.2) is 5.38 Å². The first-order chi connectivity index (χ1) is 7.31. The minimum absolute atomic E-state index is 0.172. The molecule has 0 bridgehead atoms. The van der Waals surface area contributed by atoms with Gasteiger partial charge in [-0.1, -0.05) is 4.49 Å². The second kappa shape index (κ2) is 4.98. The van der Waals surface area contributed by atoms with Gasteiger partial charge in [0.2, 0.25) is 0 Å². The minimum Gasteiger partial charge on any atom is -0.383 e. The zero-order valence-corrected chi connectivity index (χ0v) is 9.61. The van der Waals surface area contributed by atoms with Crippen LogP contribution < -0.4 is 5.73 Å². The number of ether oxygens (including phenoxy) is 1. The lowest BCUT2D eigenvalue weighted by atomic mass is 10.0. The highest BCUT2D eigenvalue weighted by Crippen LogP contribution is 2.25. The maximum absolute atomic E-state index is 6.09. The monoisotopic (exact) mass is 228 g/mol. The molecule has 0 spiro atoms. The lowest BCUT2D eigenvalue weighted by Gasteiger charge is -2.13. The summed E-state index contributed by atoms with van der Waals surface area (Å²) in [6.45, 7) is 3.59. The van der Waals surface area contributed by atoms with E-state index in [1.165, 1.54) is 11.5 Å². The molecule has 1 aromatic heterocycles. The van der Waals surface area contributed by atoms with Crippen LogP contribution in [0.4, 0.5) is 0 Å². The lowest BCUT2D eigenvalue weighted by Crippen LogP contribution is -2.30. The van der Waals surface area contributed by atoms with E-state index < -0.39 is 0 Å². The molecule has 2 N–H and O–H groups in total. The highest BCUT2D eigenvalue weighted by Gasteiger charge is 2.32. The molecule has 0 amide bonds. The van der Waals surface area contributed by atoms with E-state index >= 15 is 0 Å². The van der Waals surface area contributed by atoms with Crippen molar-refractivity contribution in [1.82, 2.24) is 14.5 Å². The van der Waals surface area contributed by atoms with Crippen molar-refractivity contribution in [3.05, 3.63) is 11.1 Å². The number of hydrogen-bond donors (Lipinski definition) is 1. The van der Waals surface area contributed by atoms with Crippen molar-refractivity contribution in [2.75, 3.05) is 33.4 Å². The molecule has 0 aliphatic carbocycles. The summed E-state index contributed by atoms with van der Waals surface area (Å²) in [7, 11) is 1.72. The van der Waals surface area contributed by atoms with Crippen molar-refractivity contribution in [1.29, 1.82) is 0 Å². The molecule has 1 aliphatic heterocycles. The van der Waals surface area contributed by atoms with Crippen molar-refractivity contribution in [2.24, 2.45) is 5.73 Å². The van der Waals surface area contributed by atoms with Gasteiger partial charge in [0.15, 0.2) is 0 Å². The zero-order chi connectivity index (χ0) is 10.7. The largest absolute Gasteiger partial charge is 0.383 e. The van der Waals surface area contributed by atoms with Gasteiger partial charge in [-0.05, 0) is 11.5 Å². The van der Waals surface area contributed by atoms with Gasteiger partial charge in [0.25, 0.3) is 0 Å². The van der Waals surface area contributed by atoms with E-state index in [1.54, 1.807) is 7.11 Å². The number of nitrogens with two attached hydrogens (primary N) is 1. The Hall–Kier alpha value is -0.560. The molecule has 1 fully saturated rings. The van der Waals surface area contributed by atoms with Crippen LogP contribution in [-0.2, 0) is 4.74 Å². The average molecular weight is 228 g/mol. The summed E-state index contributed by atoms with van der Waals surface area (Å²) in [5.41, 5.74) is 7.12. The van der Waals surface area contributed by atoms with E-state index in [0.717, 1.165) is 31.9 Å². The smallest absolute Gasteiger partial charge is 0.0815 e. The van der Waals surface area contributed by atoms with Crippen molar-refractivity contribution < 1.29 is 4.74 Å². The molecule has 1 aromatic rings. The van der Waals surface area contributed by atoms with Crippen LogP contribution in [0.3, 0.4) is 0 Å². The second-order valence-corrected chi connectivity index (χ2v) is 4.46. The van der Waals surface area contributed by atoms with E-state index in [0.29, 0.717) is 5.92 Å².